The van der Waals surface area contributed by atoms with E-state index in [9.17, 15) is 16.8 Å². The maximum Gasteiger partial charge on any atom is 0.182 e. The first-order valence-corrected chi connectivity index (χ1v) is 9.87. The van der Waals surface area contributed by atoms with Gasteiger partial charge in [0.05, 0.1) is 12.3 Å². The SMILES string of the molecule is CCN(C)c1nn(CCS(C)(=O)=O)c(N)c1S(C)(=O)=O. The zero-order chi connectivity index (χ0) is 15.7. The molecule has 0 spiro atoms. The minimum atomic E-state index is -3.55. The lowest BCUT2D eigenvalue weighted by molar-refractivity contribution is 0.587. The summed E-state index contributed by atoms with van der Waals surface area (Å²) < 4.78 is 47.3. The molecule has 1 rings (SSSR count). The summed E-state index contributed by atoms with van der Waals surface area (Å²) in [6.07, 6.45) is 2.15. The maximum absolute atomic E-state index is 11.8. The highest BCUT2D eigenvalue weighted by Gasteiger charge is 2.26. The summed E-state index contributed by atoms with van der Waals surface area (Å²) in [5.41, 5.74) is 5.81. The van der Waals surface area contributed by atoms with E-state index in [0.29, 0.717) is 6.54 Å². The van der Waals surface area contributed by atoms with Crippen LogP contribution in [-0.4, -0.2) is 58.5 Å². The lowest BCUT2D eigenvalue weighted by atomic mass is 10.5. The van der Waals surface area contributed by atoms with Crippen LogP contribution in [0.1, 0.15) is 6.92 Å². The smallest absolute Gasteiger partial charge is 0.182 e. The summed E-state index contributed by atoms with van der Waals surface area (Å²) in [4.78, 5) is 1.58. The van der Waals surface area contributed by atoms with Crippen molar-refractivity contribution in [1.82, 2.24) is 9.78 Å². The predicted octanol–water partition coefficient (Wildman–Crippen LogP) is -0.630. The molecule has 1 aromatic rings. The Hall–Kier alpha value is -1.29. The molecule has 0 aliphatic carbocycles. The van der Waals surface area contributed by atoms with Crippen LogP contribution >= 0.6 is 0 Å². The first kappa shape index (κ1) is 16.8. The number of aryl methyl sites for hydroxylation is 1. The number of sulfone groups is 2. The summed E-state index contributed by atoms with van der Waals surface area (Å²) in [5.74, 6) is 0.0459. The third-order valence-corrected chi connectivity index (χ3v) is 4.87. The molecule has 8 nitrogen and oxygen atoms in total. The van der Waals surface area contributed by atoms with Crippen LogP contribution in [0.4, 0.5) is 11.6 Å². The van der Waals surface area contributed by atoms with Crippen LogP contribution in [0.3, 0.4) is 0 Å². The summed E-state index contributed by atoms with van der Waals surface area (Å²) in [6.45, 7) is 2.41. The number of anilines is 2. The van der Waals surface area contributed by atoms with Gasteiger partial charge in [-0.25, -0.2) is 21.5 Å². The van der Waals surface area contributed by atoms with E-state index in [-0.39, 0.29) is 28.8 Å². The second-order valence-electron chi connectivity index (χ2n) is 4.68. The molecular weight excluding hydrogens is 304 g/mol. The zero-order valence-corrected chi connectivity index (χ0v) is 13.6. The van der Waals surface area contributed by atoms with E-state index in [1.165, 1.54) is 4.68 Å². The highest BCUT2D eigenvalue weighted by atomic mass is 32.2. The van der Waals surface area contributed by atoms with Crippen LogP contribution in [0.5, 0.6) is 0 Å². The van der Waals surface area contributed by atoms with Gasteiger partial charge in [0.25, 0.3) is 0 Å². The van der Waals surface area contributed by atoms with Gasteiger partial charge in [-0.05, 0) is 6.92 Å². The van der Waals surface area contributed by atoms with E-state index in [1.807, 2.05) is 6.92 Å². The first-order chi connectivity index (χ1) is 8.97. The Labute approximate surface area is 119 Å². The molecule has 20 heavy (non-hydrogen) atoms. The van der Waals surface area contributed by atoms with Gasteiger partial charge in [-0.3, -0.25) is 0 Å². The maximum atomic E-state index is 11.8. The molecule has 0 unspecified atom stereocenters. The minimum absolute atomic E-state index is 0.0186. The number of nitrogen functional groups attached to an aromatic ring is 1. The number of rotatable bonds is 6. The van der Waals surface area contributed by atoms with Crippen molar-refractivity contribution in [3.05, 3.63) is 0 Å². The molecule has 0 radical (unpaired) electrons. The van der Waals surface area contributed by atoms with Crippen molar-refractivity contribution in [2.75, 3.05) is 42.5 Å². The number of hydrogen-bond donors (Lipinski definition) is 1. The van der Waals surface area contributed by atoms with Gasteiger partial charge < -0.3 is 10.6 Å². The number of nitrogens with zero attached hydrogens (tertiary/aromatic N) is 3. The molecule has 0 bridgehead atoms. The lowest BCUT2D eigenvalue weighted by Gasteiger charge is -2.14. The third-order valence-electron chi connectivity index (χ3n) is 2.81. The molecule has 0 aromatic carbocycles. The van der Waals surface area contributed by atoms with E-state index in [2.05, 4.69) is 5.10 Å². The van der Waals surface area contributed by atoms with Crippen LogP contribution in [0.25, 0.3) is 0 Å². The quantitative estimate of drug-likeness (QED) is 0.740. The first-order valence-electron chi connectivity index (χ1n) is 5.92. The third kappa shape index (κ3) is 3.85. The highest BCUT2D eigenvalue weighted by Crippen LogP contribution is 2.29. The van der Waals surface area contributed by atoms with Gasteiger partial charge in [-0.15, -0.1) is 0 Å². The Morgan fingerprint density at radius 2 is 1.80 bits per heavy atom. The molecule has 1 heterocycles. The van der Waals surface area contributed by atoms with E-state index in [4.69, 9.17) is 5.73 Å². The van der Waals surface area contributed by atoms with Crippen LogP contribution in [0.2, 0.25) is 0 Å². The van der Waals surface area contributed by atoms with Gasteiger partial charge in [0.2, 0.25) is 0 Å². The molecule has 0 saturated heterocycles. The largest absolute Gasteiger partial charge is 0.383 e. The van der Waals surface area contributed by atoms with E-state index < -0.39 is 19.7 Å². The fourth-order valence-corrected chi connectivity index (χ4v) is 3.14. The van der Waals surface area contributed by atoms with Crippen LogP contribution < -0.4 is 10.6 Å². The molecule has 0 aliphatic heterocycles. The van der Waals surface area contributed by atoms with E-state index in [1.54, 1.807) is 11.9 Å². The molecule has 2 N–H and O–H groups in total. The predicted molar refractivity (Wildman–Crippen MR) is 78.4 cm³/mol. The normalized spacial score (nSPS) is 12.6. The Kier molecular flexibility index (Phi) is 4.70. The number of nitrogens with two attached hydrogens (primary N) is 1. The zero-order valence-electron chi connectivity index (χ0n) is 12.0. The Morgan fingerprint density at radius 1 is 1.25 bits per heavy atom. The van der Waals surface area contributed by atoms with Crippen molar-refractivity contribution in [1.29, 1.82) is 0 Å². The van der Waals surface area contributed by atoms with Crippen molar-refractivity contribution in [2.45, 2.75) is 18.4 Å². The number of hydrogen-bond acceptors (Lipinski definition) is 7. The minimum Gasteiger partial charge on any atom is -0.383 e. The van der Waals surface area contributed by atoms with E-state index in [0.717, 1.165) is 12.5 Å². The molecular formula is C10H20N4O4S2. The van der Waals surface area contributed by atoms with Gasteiger partial charge in [-0.2, -0.15) is 5.10 Å². The monoisotopic (exact) mass is 324 g/mol. The van der Waals surface area contributed by atoms with Crippen LogP contribution in [-0.2, 0) is 26.2 Å². The van der Waals surface area contributed by atoms with Gasteiger partial charge in [0.15, 0.2) is 20.6 Å². The van der Waals surface area contributed by atoms with Crippen LogP contribution in [0, 0.1) is 0 Å². The second kappa shape index (κ2) is 5.60. The molecule has 0 fully saturated rings. The molecule has 0 aliphatic rings. The molecule has 1 aromatic heterocycles. The van der Waals surface area contributed by atoms with Gasteiger partial charge >= 0.3 is 0 Å². The fourth-order valence-electron chi connectivity index (χ4n) is 1.62. The van der Waals surface area contributed by atoms with Gasteiger partial charge in [0, 0.05) is 26.1 Å². The molecule has 0 atom stereocenters. The van der Waals surface area contributed by atoms with Gasteiger partial charge in [-0.1, -0.05) is 0 Å². The van der Waals surface area contributed by atoms with Crippen molar-refractivity contribution in [3.8, 4) is 0 Å². The number of aromatic nitrogens is 2. The van der Waals surface area contributed by atoms with Crippen molar-refractivity contribution < 1.29 is 16.8 Å². The molecule has 10 heteroatoms. The van der Waals surface area contributed by atoms with E-state index >= 15 is 0 Å². The van der Waals surface area contributed by atoms with Crippen LogP contribution in [0.15, 0.2) is 4.90 Å². The summed E-state index contributed by atoms with van der Waals surface area (Å²) in [6, 6.07) is 0. The Bertz CT molecular complexity index is 691. The molecule has 0 amide bonds. The molecule has 0 saturated carbocycles. The second-order valence-corrected chi connectivity index (χ2v) is 8.89. The molecule has 116 valence electrons. The highest BCUT2D eigenvalue weighted by molar-refractivity contribution is 7.91. The standard InChI is InChI=1S/C10H20N4O4S2/c1-5-13(2)10-8(20(4,17)18)9(11)14(12-10)6-7-19(3,15)16/h5-7,11H2,1-4H3. The van der Waals surface area contributed by atoms with Crippen molar-refractivity contribution in [2.24, 2.45) is 0 Å². The summed E-state index contributed by atoms with van der Waals surface area (Å²) in [7, 11) is -5.04. The summed E-state index contributed by atoms with van der Waals surface area (Å²) in [5, 5.41) is 4.12. The Balaban J connectivity index is 3.33. The fraction of sp³-hybridized carbons (Fsp3) is 0.700. The van der Waals surface area contributed by atoms with Crippen molar-refractivity contribution in [3.63, 3.8) is 0 Å². The van der Waals surface area contributed by atoms with Crippen molar-refractivity contribution >= 4 is 31.3 Å². The average molecular weight is 324 g/mol. The topological polar surface area (TPSA) is 115 Å². The summed E-state index contributed by atoms with van der Waals surface area (Å²) >= 11 is 0. The average Bonchev–Trinajstić information content (AvgIpc) is 2.61. The lowest BCUT2D eigenvalue weighted by Crippen LogP contribution is -2.19. The Morgan fingerprint density at radius 3 is 2.20 bits per heavy atom. The van der Waals surface area contributed by atoms with Gasteiger partial charge in [0.1, 0.15) is 15.7 Å².